The zero-order valence-corrected chi connectivity index (χ0v) is 13.4. The molecule has 2 rings (SSSR count). The highest BCUT2D eigenvalue weighted by molar-refractivity contribution is 5.32. The van der Waals surface area contributed by atoms with Gasteiger partial charge in [0.1, 0.15) is 0 Å². The summed E-state index contributed by atoms with van der Waals surface area (Å²) in [7, 11) is 4.42. The van der Waals surface area contributed by atoms with Gasteiger partial charge < -0.3 is 15.5 Å². The zero-order chi connectivity index (χ0) is 14.7. The lowest BCUT2D eigenvalue weighted by molar-refractivity contribution is 0.213. The van der Waals surface area contributed by atoms with Crippen LogP contribution in [-0.4, -0.2) is 49.6 Å². The highest BCUT2D eigenvalue weighted by atomic mass is 15.2. The summed E-state index contributed by atoms with van der Waals surface area (Å²) in [6.45, 7) is 7.57. The van der Waals surface area contributed by atoms with Crippen LogP contribution in [0.1, 0.15) is 35.6 Å². The van der Waals surface area contributed by atoms with E-state index in [1.165, 1.54) is 36.1 Å². The van der Waals surface area contributed by atoms with E-state index in [0.29, 0.717) is 6.04 Å². The second-order valence-electron chi connectivity index (χ2n) is 6.46. The van der Waals surface area contributed by atoms with E-state index in [1.54, 1.807) is 0 Å². The van der Waals surface area contributed by atoms with Crippen molar-refractivity contribution in [3.8, 4) is 0 Å². The Hall–Kier alpha value is -0.900. The Morgan fingerprint density at radius 2 is 2.15 bits per heavy atom. The average Bonchev–Trinajstić information content (AvgIpc) is 2.74. The van der Waals surface area contributed by atoms with Crippen molar-refractivity contribution in [2.45, 2.75) is 38.8 Å². The summed E-state index contributed by atoms with van der Waals surface area (Å²) in [6, 6.07) is 7.37. The smallest absolute Gasteiger partial charge is 0.0426 e. The molecule has 112 valence electrons. The van der Waals surface area contributed by atoms with Gasteiger partial charge in [0.15, 0.2) is 0 Å². The van der Waals surface area contributed by atoms with E-state index in [2.05, 4.69) is 55.9 Å². The molecule has 0 spiro atoms. The van der Waals surface area contributed by atoms with Gasteiger partial charge >= 0.3 is 0 Å². The minimum Gasteiger partial charge on any atom is -0.323 e. The molecular weight excluding hydrogens is 246 g/mol. The topological polar surface area (TPSA) is 32.5 Å². The average molecular weight is 275 g/mol. The lowest BCUT2D eigenvalue weighted by Gasteiger charge is -2.28. The van der Waals surface area contributed by atoms with Gasteiger partial charge in [0, 0.05) is 25.2 Å². The van der Waals surface area contributed by atoms with E-state index < -0.39 is 0 Å². The number of nitrogens with zero attached hydrogens (tertiary/aromatic N) is 2. The number of hydrogen-bond acceptors (Lipinski definition) is 3. The first-order valence-electron chi connectivity index (χ1n) is 7.69. The van der Waals surface area contributed by atoms with E-state index in [4.69, 9.17) is 5.73 Å². The molecule has 0 amide bonds. The van der Waals surface area contributed by atoms with Crippen LogP contribution in [0.2, 0.25) is 0 Å². The number of likely N-dealkylation sites (N-methyl/N-ethyl adjacent to an activating group) is 2. The molecule has 0 saturated carbocycles. The van der Waals surface area contributed by atoms with Crippen LogP contribution in [0, 0.1) is 13.8 Å². The van der Waals surface area contributed by atoms with Crippen LogP contribution in [0.15, 0.2) is 18.2 Å². The summed E-state index contributed by atoms with van der Waals surface area (Å²) in [5.74, 6) is 0. The molecule has 0 bridgehead atoms. The number of likely N-dealkylation sites (tertiary alicyclic amines) is 1. The second kappa shape index (κ2) is 6.70. The Balaban J connectivity index is 1.91. The summed E-state index contributed by atoms with van der Waals surface area (Å²) >= 11 is 0. The molecule has 1 heterocycles. The quantitative estimate of drug-likeness (QED) is 0.895. The van der Waals surface area contributed by atoms with Crippen LogP contribution in [-0.2, 0) is 0 Å². The first-order chi connectivity index (χ1) is 9.47. The number of aryl methyl sites for hydroxylation is 2. The number of benzene rings is 1. The van der Waals surface area contributed by atoms with Crippen molar-refractivity contribution in [3.63, 3.8) is 0 Å². The first-order valence-corrected chi connectivity index (χ1v) is 7.69. The fraction of sp³-hybridized carbons (Fsp3) is 0.647. The van der Waals surface area contributed by atoms with Crippen molar-refractivity contribution < 1.29 is 0 Å². The number of rotatable bonds is 5. The van der Waals surface area contributed by atoms with Crippen molar-refractivity contribution in [3.05, 3.63) is 34.9 Å². The molecule has 1 aliphatic heterocycles. The van der Waals surface area contributed by atoms with Gasteiger partial charge in [-0.1, -0.05) is 23.8 Å². The Morgan fingerprint density at radius 1 is 1.40 bits per heavy atom. The first kappa shape index (κ1) is 15.5. The van der Waals surface area contributed by atoms with Gasteiger partial charge in [-0.2, -0.15) is 0 Å². The minimum absolute atomic E-state index is 0.104. The number of hydrogen-bond donors (Lipinski definition) is 1. The van der Waals surface area contributed by atoms with E-state index in [-0.39, 0.29) is 6.04 Å². The predicted molar refractivity (Wildman–Crippen MR) is 86.0 cm³/mol. The van der Waals surface area contributed by atoms with Crippen LogP contribution in [0.4, 0.5) is 0 Å². The summed E-state index contributed by atoms with van der Waals surface area (Å²) in [6.07, 6.45) is 2.65. The van der Waals surface area contributed by atoms with Crippen molar-refractivity contribution in [2.24, 2.45) is 5.73 Å². The fourth-order valence-electron chi connectivity index (χ4n) is 3.32. The zero-order valence-electron chi connectivity index (χ0n) is 13.4. The van der Waals surface area contributed by atoms with E-state index in [0.717, 1.165) is 13.1 Å². The summed E-state index contributed by atoms with van der Waals surface area (Å²) < 4.78 is 0. The van der Waals surface area contributed by atoms with Crippen LogP contribution < -0.4 is 5.73 Å². The second-order valence-corrected chi connectivity index (χ2v) is 6.46. The summed E-state index contributed by atoms with van der Waals surface area (Å²) in [4.78, 5) is 4.86. The van der Waals surface area contributed by atoms with E-state index in [1.807, 2.05) is 0 Å². The molecule has 2 atom stereocenters. The molecule has 2 unspecified atom stereocenters. The molecule has 20 heavy (non-hydrogen) atoms. The Labute approximate surface area is 123 Å². The molecule has 2 N–H and O–H groups in total. The lowest BCUT2D eigenvalue weighted by atomic mass is 9.99. The molecule has 3 nitrogen and oxygen atoms in total. The third kappa shape index (κ3) is 3.81. The third-order valence-electron chi connectivity index (χ3n) is 4.53. The van der Waals surface area contributed by atoms with Crippen LogP contribution >= 0.6 is 0 Å². The predicted octanol–water partition coefficient (Wildman–Crippen LogP) is 2.33. The maximum atomic E-state index is 6.40. The van der Waals surface area contributed by atoms with E-state index in [9.17, 15) is 0 Å². The highest BCUT2D eigenvalue weighted by Gasteiger charge is 2.22. The molecule has 0 aromatic heterocycles. The van der Waals surface area contributed by atoms with Crippen LogP contribution in [0.3, 0.4) is 0 Å². The van der Waals surface area contributed by atoms with Crippen molar-refractivity contribution in [2.75, 3.05) is 33.7 Å². The molecule has 1 aliphatic rings. The van der Waals surface area contributed by atoms with E-state index >= 15 is 0 Å². The Morgan fingerprint density at radius 3 is 2.75 bits per heavy atom. The maximum absolute atomic E-state index is 6.40. The Kier molecular flexibility index (Phi) is 5.19. The Bertz CT molecular complexity index is 444. The molecule has 0 aliphatic carbocycles. The monoisotopic (exact) mass is 275 g/mol. The number of nitrogens with two attached hydrogens (primary N) is 1. The lowest BCUT2D eigenvalue weighted by Crippen LogP contribution is -2.39. The van der Waals surface area contributed by atoms with Crippen molar-refractivity contribution >= 4 is 0 Å². The normalized spacial score (nSPS) is 21.6. The SMILES string of the molecule is Cc1ccc(C(N)CN(C)CC2CCCN2C)c(C)c1. The van der Waals surface area contributed by atoms with Crippen LogP contribution in [0.25, 0.3) is 0 Å². The molecule has 3 heteroatoms. The molecule has 1 aromatic carbocycles. The molecular formula is C17H29N3. The van der Waals surface area contributed by atoms with Crippen LogP contribution in [0.5, 0.6) is 0 Å². The molecule has 0 radical (unpaired) electrons. The molecule has 1 fully saturated rings. The standard InChI is InChI=1S/C17H29N3/c1-13-7-8-16(14(2)10-13)17(18)12-19(3)11-15-6-5-9-20(15)4/h7-8,10,15,17H,5-6,9,11-12,18H2,1-4H3. The highest BCUT2D eigenvalue weighted by Crippen LogP contribution is 2.19. The summed E-state index contributed by atoms with van der Waals surface area (Å²) in [5.41, 5.74) is 10.3. The molecule has 1 aromatic rings. The van der Waals surface area contributed by atoms with Crippen molar-refractivity contribution in [1.29, 1.82) is 0 Å². The van der Waals surface area contributed by atoms with Gasteiger partial charge in [-0.15, -0.1) is 0 Å². The van der Waals surface area contributed by atoms with Crippen molar-refractivity contribution in [1.82, 2.24) is 9.80 Å². The van der Waals surface area contributed by atoms with Gasteiger partial charge in [0.2, 0.25) is 0 Å². The van der Waals surface area contributed by atoms with Gasteiger partial charge in [0.25, 0.3) is 0 Å². The molecule has 1 saturated heterocycles. The van der Waals surface area contributed by atoms with Gasteiger partial charge in [-0.05, 0) is 58.5 Å². The van der Waals surface area contributed by atoms with Gasteiger partial charge in [-0.25, -0.2) is 0 Å². The third-order valence-corrected chi connectivity index (χ3v) is 4.53. The summed E-state index contributed by atoms with van der Waals surface area (Å²) in [5, 5.41) is 0. The van der Waals surface area contributed by atoms with Gasteiger partial charge in [0.05, 0.1) is 0 Å². The fourth-order valence-corrected chi connectivity index (χ4v) is 3.32. The maximum Gasteiger partial charge on any atom is 0.0426 e. The largest absolute Gasteiger partial charge is 0.323 e. The van der Waals surface area contributed by atoms with Gasteiger partial charge in [-0.3, -0.25) is 0 Å². The minimum atomic E-state index is 0.104.